The Kier molecular flexibility index (Phi) is 7.57. The Morgan fingerprint density at radius 3 is 2.30 bits per heavy atom. The summed E-state index contributed by atoms with van der Waals surface area (Å²) < 4.78 is 44.3. The number of halogens is 2. The van der Waals surface area contributed by atoms with Gasteiger partial charge >= 0.3 is 0 Å². The molecule has 1 saturated heterocycles. The maximum Gasteiger partial charge on any atom is 0.227 e. The molecular formula is C22H26F2N5O3P. The summed E-state index contributed by atoms with van der Waals surface area (Å²) in [5.41, 5.74) is 2.11. The van der Waals surface area contributed by atoms with Crippen molar-refractivity contribution in [3.8, 4) is 17.2 Å². The Balaban J connectivity index is 1.37. The van der Waals surface area contributed by atoms with Gasteiger partial charge in [0.15, 0.2) is 28.9 Å². The SMILES string of the molecule is COc1cc(OC)c(F)c(COc2cnc(NC3=CC=C(N4CCNCC4)PC3)nc2)c1F. The second-order valence-electron chi connectivity index (χ2n) is 7.38. The molecule has 1 unspecified atom stereocenters. The average molecular weight is 477 g/mol. The molecule has 8 nitrogen and oxygen atoms in total. The molecular weight excluding hydrogens is 451 g/mol. The maximum absolute atomic E-state index is 14.5. The molecule has 2 aliphatic heterocycles. The summed E-state index contributed by atoms with van der Waals surface area (Å²) in [5.74, 6) is -1.22. The fourth-order valence-electron chi connectivity index (χ4n) is 3.51. The number of methoxy groups -OCH3 is 2. The van der Waals surface area contributed by atoms with Gasteiger partial charge in [-0.05, 0) is 12.2 Å². The van der Waals surface area contributed by atoms with Gasteiger partial charge in [-0.1, -0.05) is 8.58 Å². The molecule has 2 aromatic rings. The summed E-state index contributed by atoms with van der Waals surface area (Å²) in [6.07, 6.45) is 8.02. The molecule has 4 rings (SSSR count). The first-order valence-corrected chi connectivity index (χ1v) is 11.7. The largest absolute Gasteiger partial charge is 0.494 e. The van der Waals surface area contributed by atoms with Gasteiger partial charge in [0, 0.05) is 49.5 Å². The van der Waals surface area contributed by atoms with Crippen LogP contribution in [0.1, 0.15) is 5.56 Å². The van der Waals surface area contributed by atoms with Crippen molar-refractivity contribution in [2.45, 2.75) is 6.61 Å². The monoisotopic (exact) mass is 477 g/mol. The first kappa shape index (κ1) is 23.2. The molecule has 2 N–H and O–H groups in total. The number of hydrogen-bond acceptors (Lipinski definition) is 8. The summed E-state index contributed by atoms with van der Waals surface area (Å²) in [6, 6.07) is 1.15. The molecule has 1 aromatic heterocycles. The maximum atomic E-state index is 14.5. The topological polar surface area (TPSA) is 80.8 Å². The fraction of sp³-hybridized carbons (Fsp3) is 0.364. The van der Waals surface area contributed by atoms with Gasteiger partial charge in [-0.3, -0.25) is 0 Å². The standard InChI is InChI=1S/C22H26F2N5O3P/c1-30-17-9-18(31-2)21(24)16(20(17)23)12-32-15-10-26-22(27-11-15)28-14-3-4-19(33-13-14)29-7-5-25-6-8-29/h3-4,9-11,25,33H,5-8,12-13H2,1-2H3,(H,26,27,28). The van der Waals surface area contributed by atoms with Gasteiger partial charge in [0.05, 0.1) is 32.2 Å². The van der Waals surface area contributed by atoms with Crippen LogP contribution in [0.4, 0.5) is 14.7 Å². The van der Waals surface area contributed by atoms with Crippen molar-refractivity contribution in [3.05, 3.63) is 58.9 Å². The highest BCUT2D eigenvalue weighted by Crippen LogP contribution is 2.34. The van der Waals surface area contributed by atoms with Crippen LogP contribution in [0.5, 0.6) is 17.2 Å². The average Bonchev–Trinajstić information content (AvgIpc) is 2.86. The minimum Gasteiger partial charge on any atom is -0.494 e. The third-order valence-corrected chi connectivity index (χ3v) is 6.71. The van der Waals surface area contributed by atoms with E-state index in [-0.39, 0.29) is 29.4 Å². The van der Waals surface area contributed by atoms with E-state index in [0.29, 0.717) is 14.5 Å². The summed E-state index contributed by atoms with van der Waals surface area (Å²) in [4.78, 5) is 10.9. The zero-order valence-corrected chi connectivity index (χ0v) is 19.5. The number of allylic oxidation sites excluding steroid dienone is 3. The fourth-order valence-corrected chi connectivity index (χ4v) is 4.74. The van der Waals surface area contributed by atoms with Crippen LogP contribution in [-0.4, -0.2) is 61.4 Å². The Hall–Kier alpha value is -2.97. The van der Waals surface area contributed by atoms with Crippen LogP contribution in [0.15, 0.2) is 41.7 Å². The molecule has 33 heavy (non-hydrogen) atoms. The normalized spacial score (nSPS) is 16.8. The first-order valence-electron chi connectivity index (χ1n) is 10.5. The van der Waals surface area contributed by atoms with Crippen molar-refractivity contribution in [1.29, 1.82) is 0 Å². The quantitative estimate of drug-likeness (QED) is 0.562. The van der Waals surface area contributed by atoms with Gasteiger partial charge in [-0.15, -0.1) is 0 Å². The van der Waals surface area contributed by atoms with Gasteiger partial charge < -0.3 is 29.7 Å². The van der Waals surface area contributed by atoms with Crippen LogP contribution < -0.4 is 24.8 Å². The number of benzene rings is 1. The Morgan fingerprint density at radius 1 is 1.06 bits per heavy atom. The van der Waals surface area contributed by atoms with Crippen LogP contribution in [0.2, 0.25) is 0 Å². The first-order chi connectivity index (χ1) is 16.1. The molecule has 11 heteroatoms. The van der Waals surface area contributed by atoms with Crippen molar-refractivity contribution in [1.82, 2.24) is 20.2 Å². The summed E-state index contributed by atoms with van der Waals surface area (Å²) in [6.45, 7) is 3.74. The highest BCUT2D eigenvalue weighted by molar-refractivity contribution is 7.43. The van der Waals surface area contributed by atoms with Crippen molar-refractivity contribution in [3.63, 3.8) is 0 Å². The number of rotatable bonds is 8. The number of nitrogens with zero attached hydrogens (tertiary/aromatic N) is 3. The van der Waals surface area contributed by atoms with E-state index in [0.717, 1.165) is 44.1 Å². The molecule has 1 fully saturated rings. The zero-order valence-electron chi connectivity index (χ0n) is 18.5. The molecule has 0 aliphatic carbocycles. The van der Waals surface area contributed by atoms with Gasteiger partial charge in [-0.25, -0.2) is 18.7 Å². The van der Waals surface area contributed by atoms with Crippen molar-refractivity contribution >= 4 is 14.5 Å². The molecule has 0 radical (unpaired) electrons. The summed E-state index contributed by atoms with van der Waals surface area (Å²) in [7, 11) is 3.28. The van der Waals surface area contributed by atoms with E-state index in [2.05, 4.69) is 37.7 Å². The second-order valence-corrected chi connectivity index (χ2v) is 8.60. The van der Waals surface area contributed by atoms with Crippen LogP contribution >= 0.6 is 8.58 Å². The van der Waals surface area contributed by atoms with Crippen LogP contribution in [0.3, 0.4) is 0 Å². The number of ether oxygens (including phenoxy) is 3. The van der Waals surface area contributed by atoms with Gasteiger partial charge in [-0.2, -0.15) is 0 Å². The van der Waals surface area contributed by atoms with Crippen molar-refractivity contribution in [2.75, 3.05) is 51.9 Å². The predicted molar refractivity (Wildman–Crippen MR) is 123 cm³/mol. The van der Waals surface area contributed by atoms with Gasteiger partial charge in [0.25, 0.3) is 0 Å². The Labute approximate surface area is 192 Å². The van der Waals surface area contributed by atoms with Crippen LogP contribution in [0.25, 0.3) is 0 Å². The van der Waals surface area contributed by atoms with Gasteiger partial charge in [0.1, 0.15) is 6.61 Å². The number of nitrogens with one attached hydrogen (secondary N) is 2. The number of aromatic nitrogens is 2. The van der Waals surface area contributed by atoms with E-state index in [1.807, 2.05) is 0 Å². The lowest BCUT2D eigenvalue weighted by atomic mass is 10.1. The number of hydrogen-bond donors (Lipinski definition) is 2. The van der Waals surface area contributed by atoms with E-state index < -0.39 is 11.6 Å². The number of piperazine rings is 1. The third kappa shape index (κ3) is 5.51. The lowest BCUT2D eigenvalue weighted by Crippen LogP contribution is -2.42. The predicted octanol–water partition coefficient (Wildman–Crippen LogP) is 3.09. The van der Waals surface area contributed by atoms with E-state index in [4.69, 9.17) is 14.2 Å². The van der Waals surface area contributed by atoms with Gasteiger partial charge in [0.2, 0.25) is 5.95 Å². The second kappa shape index (κ2) is 10.8. The summed E-state index contributed by atoms with van der Waals surface area (Å²) >= 11 is 0. The minimum atomic E-state index is -0.840. The van der Waals surface area contributed by atoms with Crippen LogP contribution in [0, 0.1) is 11.6 Å². The highest BCUT2D eigenvalue weighted by atomic mass is 31.1. The Morgan fingerprint density at radius 2 is 1.73 bits per heavy atom. The number of anilines is 1. The molecule has 0 bridgehead atoms. The molecule has 0 spiro atoms. The minimum absolute atomic E-state index is 0.127. The van der Waals surface area contributed by atoms with Crippen molar-refractivity contribution < 1.29 is 23.0 Å². The van der Waals surface area contributed by atoms with Crippen LogP contribution in [-0.2, 0) is 6.61 Å². The lowest BCUT2D eigenvalue weighted by molar-refractivity contribution is 0.280. The van der Waals surface area contributed by atoms with E-state index in [1.165, 1.54) is 32.1 Å². The van der Waals surface area contributed by atoms with E-state index in [9.17, 15) is 8.78 Å². The molecule has 0 saturated carbocycles. The molecule has 1 atom stereocenters. The van der Waals surface area contributed by atoms with E-state index in [1.54, 1.807) is 0 Å². The highest BCUT2D eigenvalue weighted by Gasteiger charge is 2.21. The molecule has 3 heterocycles. The summed E-state index contributed by atoms with van der Waals surface area (Å²) in [5, 5.41) is 6.58. The smallest absolute Gasteiger partial charge is 0.227 e. The molecule has 1 aromatic carbocycles. The third-order valence-electron chi connectivity index (χ3n) is 5.31. The molecule has 176 valence electrons. The van der Waals surface area contributed by atoms with Crippen molar-refractivity contribution in [2.24, 2.45) is 0 Å². The zero-order chi connectivity index (χ0) is 23.2. The lowest BCUT2D eigenvalue weighted by Gasteiger charge is -2.32. The molecule has 2 aliphatic rings. The molecule has 0 amide bonds. The Bertz CT molecular complexity index is 1020. The van der Waals surface area contributed by atoms with E-state index >= 15 is 0 Å².